The topological polar surface area (TPSA) is 50.3 Å². The summed E-state index contributed by atoms with van der Waals surface area (Å²) in [5, 5.41) is 0.108. The van der Waals surface area contributed by atoms with Crippen LogP contribution in [0.1, 0.15) is 18.9 Å². The number of hydrogen-bond acceptors (Lipinski definition) is 3. The van der Waals surface area contributed by atoms with Crippen molar-refractivity contribution in [2.45, 2.75) is 30.7 Å². The van der Waals surface area contributed by atoms with Crippen molar-refractivity contribution in [2.75, 3.05) is 4.31 Å². The van der Waals surface area contributed by atoms with Crippen LogP contribution in [-0.2, 0) is 16.4 Å². The van der Waals surface area contributed by atoms with E-state index in [4.69, 9.17) is 23.2 Å². The zero-order valence-corrected chi connectivity index (χ0v) is 14.5. The van der Waals surface area contributed by atoms with Crippen molar-refractivity contribution >= 4 is 38.9 Å². The van der Waals surface area contributed by atoms with Crippen molar-refractivity contribution in [1.82, 2.24) is 4.98 Å². The zero-order valence-electron chi connectivity index (χ0n) is 12.1. The molecule has 1 aliphatic heterocycles. The molecule has 1 aromatic heterocycles. The van der Waals surface area contributed by atoms with Crippen LogP contribution >= 0.6 is 23.2 Å². The minimum Gasteiger partial charge on any atom is -0.263 e. The summed E-state index contributed by atoms with van der Waals surface area (Å²) in [4.78, 5) is 3.76. The van der Waals surface area contributed by atoms with E-state index in [1.54, 1.807) is 0 Å². The highest BCUT2D eigenvalue weighted by Crippen LogP contribution is 2.36. The van der Waals surface area contributed by atoms with Gasteiger partial charge in [0.1, 0.15) is 15.9 Å². The van der Waals surface area contributed by atoms with Gasteiger partial charge < -0.3 is 0 Å². The molecule has 0 spiro atoms. The Bertz CT molecular complexity index is 874. The van der Waals surface area contributed by atoms with Crippen molar-refractivity contribution in [3.8, 4) is 0 Å². The molecule has 1 atom stereocenters. The second kappa shape index (κ2) is 5.92. The molecule has 4 nitrogen and oxygen atoms in total. The van der Waals surface area contributed by atoms with Gasteiger partial charge in [-0.15, -0.1) is 0 Å². The molecular weight excluding hydrogens is 362 g/mol. The van der Waals surface area contributed by atoms with Crippen LogP contribution in [0.2, 0.25) is 10.2 Å². The van der Waals surface area contributed by atoms with Gasteiger partial charge in [-0.2, -0.15) is 0 Å². The second-order valence-electron chi connectivity index (χ2n) is 5.41. The van der Waals surface area contributed by atoms with E-state index >= 15 is 0 Å². The van der Waals surface area contributed by atoms with Gasteiger partial charge in [0.25, 0.3) is 10.0 Å². The summed E-state index contributed by atoms with van der Waals surface area (Å²) in [6, 6.07) is 5.13. The monoisotopic (exact) mass is 374 g/mol. The molecule has 0 radical (unpaired) electrons. The standard InChI is InChI=1S/C15H13Cl2FN2O2S/c1-9-2-3-10-6-11(18)4-5-14(10)20(9)23(21,22)12-7-13(16)15(17)19-8-12/h4-9H,2-3H2,1H3/t9-/m1/s1. The number of halogens is 3. The average Bonchev–Trinajstić information content (AvgIpc) is 2.49. The third-order valence-electron chi connectivity index (χ3n) is 3.84. The molecule has 2 heterocycles. The second-order valence-corrected chi connectivity index (χ2v) is 7.99. The van der Waals surface area contributed by atoms with Gasteiger partial charge >= 0.3 is 0 Å². The molecule has 0 saturated heterocycles. The smallest absolute Gasteiger partial charge is 0.263 e. The van der Waals surface area contributed by atoms with Crippen molar-refractivity contribution in [2.24, 2.45) is 0 Å². The molecule has 0 bridgehead atoms. The SMILES string of the molecule is C[C@@H]1CCc2cc(F)ccc2N1S(=O)(=O)c1cnc(Cl)c(Cl)c1. The van der Waals surface area contributed by atoms with Crippen molar-refractivity contribution in [3.63, 3.8) is 0 Å². The highest BCUT2D eigenvalue weighted by molar-refractivity contribution is 7.92. The van der Waals surface area contributed by atoms with Crippen LogP contribution < -0.4 is 4.31 Å². The first kappa shape index (κ1) is 16.5. The van der Waals surface area contributed by atoms with Gasteiger partial charge in [0.15, 0.2) is 0 Å². The molecule has 0 aliphatic carbocycles. The Labute approximate surface area is 143 Å². The van der Waals surface area contributed by atoms with E-state index in [0.29, 0.717) is 24.1 Å². The van der Waals surface area contributed by atoms with Crippen LogP contribution in [-0.4, -0.2) is 19.4 Å². The molecule has 2 aromatic rings. The van der Waals surface area contributed by atoms with Crippen LogP contribution in [0.15, 0.2) is 35.4 Å². The number of hydrogen-bond donors (Lipinski definition) is 0. The lowest BCUT2D eigenvalue weighted by Gasteiger charge is -2.35. The van der Waals surface area contributed by atoms with Gasteiger partial charge in [-0.1, -0.05) is 23.2 Å². The maximum Gasteiger partial charge on any atom is 0.266 e. The van der Waals surface area contributed by atoms with E-state index in [9.17, 15) is 12.8 Å². The third-order valence-corrected chi connectivity index (χ3v) is 6.42. The van der Waals surface area contributed by atoms with Gasteiger partial charge in [-0.05, 0) is 49.6 Å². The Morgan fingerprint density at radius 3 is 2.74 bits per heavy atom. The molecule has 1 aromatic carbocycles. The number of rotatable bonds is 2. The Kier molecular flexibility index (Phi) is 4.25. The predicted molar refractivity (Wildman–Crippen MR) is 88.1 cm³/mol. The largest absolute Gasteiger partial charge is 0.266 e. The van der Waals surface area contributed by atoms with Crippen LogP contribution in [0.5, 0.6) is 0 Å². The normalized spacial score (nSPS) is 17.9. The first-order valence-electron chi connectivity index (χ1n) is 6.94. The molecule has 8 heteroatoms. The van der Waals surface area contributed by atoms with Crippen LogP contribution in [0, 0.1) is 5.82 Å². The number of nitrogens with zero attached hydrogens (tertiary/aromatic N) is 2. The molecule has 0 saturated carbocycles. The Hall–Kier alpha value is -1.37. The van der Waals surface area contributed by atoms with E-state index in [1.165, 1.54) is 34.8 Å². The molecule has 0 amide bonds. The highest BCUT2D eigenvalue weighted by Gasteiger charge is 2.34. The maximum atomic E-state index is 13.4. The van der Waals surface area contributed by atoms with Crippen molar-refractivity contribution < 1.29 is 12.8 Å². The van der Waals surface area contributed by atoms with Crippen LogP contribution in [0.3, 0.4) is 0 Å². The molecule has 3 rings (SSSR count). The van der Waals surface area contributed by atoms with E-state index in [-0.39, 0.29) is 26.9 Å². The predicted octanol–water partition coefficient (Wildman–Crippen LogP) is 4.06. The molecule has 0 fully saturated rings. The number of aromatic nitrogens is 1. The van der Waals surface area contributed by atoms with Crippen LogP contribution in [0.4, 0.5) is 10.1 Å². The zero-order chi connectivity index (χ0) is 16.8. The number of anilines is 1. The molecule has 23 heavy (non-hydrogen) atoms. The Balaban J connectivity index is 2.14. The lowest BCUT2D eigenvalue weighted by Crippen LogP contribution is -2.42. The summed E-state index contributed by atoms with van der Waals surface area (Å²) in [6.07, 6.45) is 2.40. The summed E-state index contributed by atoms with van der Waals surface area (Å²) in [6.45, 7) is 1.81. The fourth-order valence-corrected chi connectivity index (χ4v) is 4.74. The molecule has 0 unspecified atom stereocenters. The number of fused-ring (bicyclic) bond motifs is 1. The first-order valence-corrected chi connectivity index (χ1v) is 9.14. The fourth-order valence-electron chi connectivity index (χ4n) is 2.71. The average molecular weight is 375 g/mol. The summed E-state index contributed by atoms with van der Waals surface area (Å²) in [7, 11) is -3.87. The van der Waals surface area contributed by atoms with E-state index in [0.717, 1.165) is 0 Å². The number of benzene rings is 1. The van der Waals surface area contributed by atoms with Gasteiger partial charge in [0.05, 0.1) is 10.7 Å². The van der Waals surface area contributed by atoms with E-state index in [1.807, 2.05) is 6.92 Å². The fraction of sp³-hybridized carbons (Fsp3) is 0.267. The molecule has 1 aliphatic rings. The first-order chi connectivity index (χ1) is 10.8. The number of sulfonamides is 1. The van der Waals surface area contributed by atoms with Gasteiger partial charge in [0, 0.05) is 12.2 Å². The maximum absolute atomic E-state index is 13.4. The van der Waals surface area contributed by atoms with Crippen molar-refractivity contribution in [3.05, 3.63) is 52.0 Å². The minimum atomic E-state index is -3.87. The lowest BCUT2D eigenvalue weighted by atomic mass is 9.99. The summed E-state index contributed by atoms with van der Waals surface area (Å²) < 4.78 is 40.7. The number of aryl methyl sites for hydroxylation is 1. The van der Waals surface area contributed by atoms with Gasteiger partial charge in [-0.25, -0.2) is 17.8 Å². The van der Waals surface area contributed by atoms with Gasteiger partial charge in [0.2, 0.25) is 0 Å². The van der Waals surface area contributed by atoms with Crippen molar-refractivity contribution in [1.29, 1.82) is 0 Å². The number of pyridine rings is 1. The summed E-state index contributed by atoms with van der Waals surface area (Å²) >= 11 is 11.6. The minimum absolute atomic E-state index is 0.0415. The third kappa shape index (κ3) is 2.91. The van der Waals surface area contributed by atoms with E-state index < -0.39 is 10.0 Å². The van der Waals surface area contributed by atoms with Crippen LogP contribution in [0.25, 0.3) is 0 Å². The lowest BCUT2D eigenvalue weighted by molar-refractivity contribution is 0.560. The quantitative estimate of drug-likeness (QED) is 0.744. The summed E-state index contributed by atoms with van der Waals surface area (Å²) in [5.41, 5.74) is 1.15. The molecular formula is C15H13Cl2FN2O2S. The molecule has 122 valence electrons. The summed E-state index contributed by atoms with van der Waals surface area (Å²) in [5.74, 6) is -0.383. The highest BCUT2D eigenvalue weighted by atomic mass is 35.5. The van der Waals surface area contributed by atoms with Gasteiger partial charge in [-0.3, -0.25) is 4.31 Å². The van der Waals surface area contributed by atoms with E-state index in [2.05, 4.69) is 4.98 Å². The Morgan fingerprint density at radius 2 is 2.04 bits per heavy atom. The molecule has 0 N–H and O–H groups in total. The Morgan fingerprint density at radius 1 is 1.30 bits per heavy atom.